The van der Waals surface area contributed by atoms with Crippen LogP contribution in [0, 0.1) is 5.82 Å². The van der Waals surface area contributed by atoms with Gasteiger partial charge in [0.2, 0.25) is 0 Å². The first-order valence-corrected chi connectivity index (χ1v) is 10.4. The average molecular weight is 405 g/mol. The largest absolute Gasteiger partial charge is 0.370 e. The molecule has 5 nitrogen and oxygen atoms in total. The number of nitrogens with one attached hydrogen (secondary N) is 2. The van der Waals surface area contributed by atoms with E-state index < -0.39 is 0 Å². The molecule has 1 amide bonds. The number of quaternary nitrogens is 1. The zero-order valence-corrected chi connectivity index (χ0v) is 16.2. The van der Waals surface area contributed by atoms with Gasteiger partial charge in [-0.25, -0.2) is 9.37 Å². The van der Waals surface area contributed by atoms with Crippen molar-refractivity contribution in [3.05, 3.63) is 58.2 Å². The van der Waals surface area contributed by atoms with E-state index in [0.29, 0.717) is 10.0 Å². The molecule has 1 saturated heterocycles. The van der Waals surface area contributed by atoms with Crippen LogP contribution in [0.3, 0.4) is 0 Å². The number of rotatable bonds is 5. The van der Waals surface area contributed by atoms with Crippen LogP contribution in [0.25, 0.3) is 10.4 Å². The topological polar surface area (TPSA) is 55.7 Å². The van der Waals surface area contributed by atoms with Gasteiger partial charge in [0, 0.05) is 10.3 Å². The molecule has 1 fully saturated rings. The van der Waals surface area contributed by atoms with E-state index in [1.165, 1.54) is 39.7 Å². The third-order valence-electron chi connectivity index (χ3n) is 4.36. The molecule has 2 aromatic heterocycles. The number of carbonyl (C=O) groups excluding carboxylic acids is 1. The van der Waals surface area contributed by atoms with Crippen molar-refractivity contribution in [2.24, 2.45) is 0 Å². The summed E-state index contributed by atoms with van der Waals surface area (Å²) >= 11 is 2.82. The lowest BCUT2D eigenvalue weighted by Crippen LogP contribution is -3.12. The normalized spacial score (nSPS) is 15.0. The van der Waals surface area contributed by atoms with E-state index in [4.69, 9.17) is 4.74 Å². The molecule has 1 aliphatic heterocycles. The van der Waals surface area contributed by atoms with Crippen molar-refractivity contribution in [1.29, 1.82) is 0 Å². The van der Waals surface area contributed by atoms with E-state index in [1.807, 2.05) is 11.4 Å². The first-order valence-electron chi connectivity index (χ1n) is 8.70. The van der Waals surface area contributed by atoms with Gasteiger partial charge in [0.1, 0.15) is 31.1 Å². The lowest BCUT2D eigenvalue weighted by Gasteiger charge is -2.22. The molecule has 3 aromatic rings. The molecule has 0 bridgehead atoms. The maximum absolute atomic E-state index is 13.1. The summed E-state index contributed by atoms with van der Waals surface area (Å²) in [7, 11) is 0. The number of amides is 1. The molecule has 140 valence electrons. The van der Waals surface area contributed by atoms with Gasteiger partial charge >= 0.3 is 0 Å². The van der Waals surface area contributed by atoms with Crippen molar-refractivity contribution < 1.29 is 18.8 Å². The summed E-state index contributed by atoms with van der Waals surface area (Å²) in [5.41, 5.74) is 1.89. The van der Waals surface area contributed by atoms with Crippen molar-refractivity contribution in [2.75, 3.05) is 31.6 Å². The maximum Gasteiger partial charge on any atom is 0.267 e. The van der Waals surface area contributed by atoms with Crippen molar-refractivity contribution in [1.82, 2.24) is 4.98 Å². The summed E-state index contributed by atoms with van der Waals surface area (Å²) < 4.78 is 18.4. The highest BCUT2D eigenvalue weighted by atomic mass is 32.1. The van der Waals surface area contributed by atoms with Gasteiger partial charge in [0.25, 0.3) is 5.91 Å². The first-order chi connectivity index (χ1) is 13.2. The van der Waals surface area contributed by atoms with Crippen molar-refractivity contribution in [3.63, 3.8) is 0 Å². The van der Waals surface area contributed by atoms with Gasteiger partial charge in [0.15, 0.2) is 5.13 Å². The number of thiazole rings is 1. The Morgan fingerprint density at radius 2 is 1.96 bits per heavy atom. The van der Waals surface area contributed by atoms with Crippen LogP contribution in [-0.4, -0.2) is 37.2 Å². The summed E-state index contributed by atoms with van der Waals surface area (Å²) in [6, 6.07) is 9.92. The molecule has 0 spiro atoms. The van der Waals surface area contributed by atoms with Gasteiger partial charge in [-0.05, 0) is 29.8 Å². The molecular formula is C19H19FN3O2S2+. The van der Waals surface area contributed by atoms with Gasteiger partial charge in [-0.3, -0.25) is 10.1 Å². The highest BCUT2D eigenvalue weighted by Gasteiger charge is 2.17. The quantitative estimate of drug-likeness (QED) is 0.688. The number of anilines is 1. The number of hydrogen-bond acceptors (Lipinski definition) is 5. The number of thiophene rings is 1. The third kappa shape index (κ3) is 4.59. The highest BCUT2D eigenvalue weighted by Crippen LogP contribution is 2.29. The summed E-state index contributed by atoms with van der Waals surface area (Å²) in [5, 5.41) is 5.48. The summed E-state index contributed by atoms with van der Waals surface area (Å²) in [6.07, 6.45) is 0. The summed E-state index contributed by atoms with van der Waals surface area (Å²) in [5.74, 6) is -0.445. The fourth-order valence-electron chi connectivity index (χ4n) is 2.93. The Morgan fingerprint density at radius 3 is 2.74 bits per heavy atom. The molecule has 0 aliphatic carbocycles. The van der Waals surface area contributed by atoms with Gasteiger partial charge in [0.05, 0.1) is 18.1 Å². The molecule has 0 radical (unpaired) electrons. The standard InChI is InChI=1S/C19H18FN3O2S2/c20-14-3-1-13(2-4-14)16-5-6-17(27-16)18(24)22-19-21-15(12-26-19)11-23-7-9-25-10-8-23/h1-6,12H,7-11H2,(H,21,22,24)/p+1. The smallest absolute Gasteiger partial charge is 0.267 e. The molecule has 0 saturated carbocycles. The summed E-state index contributed by atoms with van der Waals surface area (Å²) in [6.45, 7) is 4.40. The third-order valence-corrected chi connectivity index (χ3v) is 6.30. The van der Waals surface area contributed by atoms with Crippen molar-refractivity contribution in [2.45, 2.75) is 6.54 Å². The molecule has 1 aromatic carbocycles. The monoisotopic (exact) mass is 404 g/mol. The Kier molecular flexibility index (Phi) is 5.58. The molecule has 0 unspecified atom stereocenters. The Labute approximate surface area is 164 Å². The lowest BCUT2D eigenvalue weighted by molar-refractivity contribution is -0.921. The predicted octanol–water partition coefficient (Wildman–Crippen LogP) is 2.68. The van der Waals surface area contributed by atoms with Gasteiger partial charge in [-0.1, -0.05) is 12.1 Å². The molecule has 8 heteroatoms. The Bertz CT molecular complexity index is 917. The van der Waals surface area contributed by atoms with E-state index in [0.717, 1.165) is 49.0 Å². The van der Waals surface area contributed by atoms with E-state index >= 15 is 0 Å². The van der Waals surface area contributed by atoms with Crippen LogP contribution in [0.15, 0.2) is 41.8 Å². The summed E-state index contributed by atoms with van der Waals surface area (Å²) in [4.78, 5) is 20.0. The van der Waals surface area contributed by atoms with E-state index in [-0.39, 0.29) is 11.7 Å². The zero-order chi connectivity index (χ0) is 18.6. The lowest BCUT2D eigenvalue weighted by atomic mass is 10.2. The molecule has 0 atom stereocenters. The second-order valence-corrected chi connectivity index (χ2v) is 8.25. The number of morpholine rings is 1. The fourth-order valence-corrected chi connectivity index (χ4v) is 4.54. The van der Waals surface area contributed by atoms with Crippen LogP contribution >= 0.6 is 22.7 Å². The predicted molar refractivity (Wildman–Crippen MR) is 105 cm³/mol. The SMILES string of the molecule is O=C(Nc1nc(C[NH+]2CCOCC2)cs1)c1ccc(-c2ccc(F)cc2)s1. The minimum absolute atomic E-state index is 0.173. The van der Waals surface area contributed by atoms with Crippen molar-refractivity contribution in [3.8, 4) is 10.4 Å². The molecule has 4 rings (SSSR count). The van der Waals surface area contributed by atoms with E-state index in [9.17, 15) is 9.18 Å². The van der Waals surface area contributed by atoms with Crippen LogP contribution in [0.4, 0.5) is 9.52 Å². The highest BCUT2D eigenvalue weighted by molar-refractivity contribution is 7.17. The molecule has 2 N–H and O–H groups in total. The number of benzene rings is 1. The van der Waals surface area contributed by atoms with Crippen LogP contribution < -0.4 is 10.2 Å². The van der Waals surface area contributed by atoms with Crippen LogP contribution in [0.2, 0.25) is 0 Å². The zero-order valence-electron chi connectivity index (χ0n) is 14.5. The van der Waals surface area contributed by atoms with Crippen molar-refractivity contribution >= 4 is 33.7 Å². The number of carbonyl (C=O) groups is 1. The van der Waals surface area contributed by atoms with Crippen LogP contribution in [0.5, 0.6) is 0 Å². The second kappa shape index (κ2) is 8.26. The van der Waals surface area contributed by atoms with E-state index in [1.54, 1.807) is 18.2 Å². The maximum atomic E-state index is 13.1. The Hall–Kier alpha value is -2.13. The van der Waals surface area contributed by atoms with E-state index in [2.05, 4.69) is 10.3 Å². The molecular weight excluding hydrogens is 385 g/mol. The minimum atomic E-state index is -0.272. The Balaban J connectivity index is 1.38. The Morgan fingerprint density at radius 1 is 1.19 bits per heavy atom. The number of hydrogen-bond donors (Lipinski definition) is 2. The average Bonchev–Trinajstić information content (AvgIpc) is 3.33. The van der Waals surface area contributed by atoms with Gasteiger partial charge in [-0.15, -0.1) is 22.7 Å². The van der Waals surface area contributed by atoms with Crippen LogP contribution in [0.1, 0.15) is 15.4 Å². The number of halogens is 1. The minimum Gasteiger partial charge on any atom is -0.370 e. The van der Waals surface area contributed by atoms with Crippen LogP contribution in [-0.2, 0) is 11.3 Å². The van der Waals surface area contributed by atoms with Gasteiger partial charge in [-0.2, -0.15) is 0 Å². The second-order valence-electron chi connectivity index (χ2n) is 6.31. The molecule has 27 heavy (non-hydrogen) atoms. The number of nitrogens with zero attached hydrogens (tertiary/aromatic N) is 1. The fraction of sp³-hybridized carbons (Fsp3) is 0.263. The molecule has 1 aliphatic rings. The molecule has 3 heterocycles. The van der Waals surface area contributed by atoms with Gasteiger partial charge < -0.3 is 9.64 Å². The number of ether oxygens (including phenoxy) is 1. The number of aromatic nitrogens is 1. The first kappa shape index (κ1) is 18.2.